The van der Waals surface area contributed by atoms with Gasteiger partial charge >= 0.3 is 0 Å². The Morgan fingerprint density at radius 3 is 2.95 bits per heavy atom. The summed E-state index contributed by atoms with van der Waals surface area (Å²) < 4.78 is 4.30. The standard InChI is InChI=1S/C13H19ClN4S/c1-3-10-12-13(17(2)16-10)18(11(7-14)15-12)9-5-4-6-19-8-9/h9H,3-8H2,1-2H3. The summed E-state index contributed by atoms with van der Waals surface area (Å²) in [7, 11) is 2.01. The van der Waals surface area contributed by atoms with Crippen LogP contribution in [0.1, 0.15) is 37.3 Å². The molecule has 1 atom stereocenters. The van der Waals surface area contributed by atoms with Gasteiger partial charge in [-0.25, -0.2) is 4.98 Å². The Hall–Kier alpha value is -0.680. The summed E-state index contributed by atoms with van der Waals surface area (Å²) in [5.74, 6) is 3.89. The summed E-state index contributed by atoms with van der Waals surface area (Å²) in [6.45, 7) is 2.12. The highest BCUT2D eigenvalue weighted by Gasteiger charge is 2.24. The van der Waals surface area contributed by atoms with E-state index in [1.807, 2.05) is 23.5 Å². The number of halogens is 1. The molecular weight excluding hydrogens is 280 g/mol. The number of fused-ring (bicyclic) bond motifs is 1. The summed E-state index contributed by atoms with van der Waals surface area (Å²) in [6, 6.07) is 0.512. The molecule has 0 amide bonds. The highest BCUT2D eigenvalue weighted by molar-refractivity contribution is 7.99. The minimum absolute atomic E-state index is 0.471. The number of aryl methyl sites for hydroxylation is 2. The zero-order valence-corrected chi connectivity index (χ0v) is 13.0. The molecule has 1 saturated heterocycles. The van der Waals surface area contributed by atoms with Crippen molar-refractivity contribution in [1.29, 1.82) is 0 Å². The average molecular weight is 299 g/mol. The van der Waals surface area contributed by atoms with E-state index in [2.05, 4.69) is 16.6 Å². The number of nitrogens with zero attached hydrogens (tertiary/aromatic N) is 4. The Morgan fingerprint density at radius 1 is 1.47 bits per heavy atom. The van der Waals surface area contributed by atoms with Crippen molar-refractivity contribution in [1.82, 2.24) is 19.3 Å². The van der Waals surface area contributed by atoms with Crippen LogP contribution in [0.15, 0.2) is 0 Å². The largest absolute Gasteiger partial charge is 0.308 e. The number of imidazole rings is 1. The van der Waals surface area contributed by atoms with E-state index in [4.69, 9.17) is 16.6 Å². The molecule has 2 aromatic heterocycles. The summed E-state index contributed by atoms with van der Waals surface area (Å²) in [5.41, 5.74) is 3.25. The topological polar surface area (TPSA) is 35.6 Å². The fraction of sp³-hybridized carbons (Fsp3) is 0.692. The number of rotatable bonds is 3. The van der Waals surface area contributed by atoms with Crippen molar-refractivity contribution in [2.24, 2.45) is 7.05 Å². The van der Waals surface area contributed by atoms with Crippen LogP contribution in [0.5, 0.6) is 0 Å². The number of hydrogen-bond acceptors (Lipinski definition) is 3. The van der Waals surface area contributed by atoms with Crippen molar-refractivity contribution in [2.75, 3.05) is 11.5 Å². The lowest BCUT2D eigenvalue weighted by atomic mass is 10.2. The molecule has 0 radical (unpaired) electrons. The van der Waals surface area contributed by atoms with Crippen LogP contribution in [-0.4, -0.2) is 30.8 Å². The minimum atomic E-state index is 0.471. The molecule has 4 nitrogen and oxygen atoms in total. The van der Waals surface area contributed by atoms with Gasteiger partial charge in [-0.1, -0.05) is 6.92 Å². The molecule has 0 aliphatic carbocycles. The van der Waals surface area contributed by atoms with Gasteiger partial charge in [0, 0.05) is 18.8 Å². The van der Waals surface area contributed by atoms with Crippen LogP contribution in [0.2, 0.25) is 0 Å². The summed E-state index contributed by atoms with van der Waals surface area (Å²) in [5, 5.41) is 4.58. The third-order valence-corrected chi connectivity index (χ3v) is 5.20. The first-order valence-corrected chi connectivity index (χ1v) is 8.51. The fourth-order valence-corrected chi connectivity index (χ4v) is 4.21. The van der Waals surface area contributed by atoms with Gasteiger partial charge in [-0.2, -0.15) is 16.9 Å². The zero-order chi connectivity index (χ0) is 13.4. The molecule has 3 rings (SSSR count). The Labute approximate surface area is 122 Å². The summed E-state index contributed by atoms with van der Waals surface area (Å²) >= 11 is 8.13. The summed E-state index contributed by atoms with van der Waals surface area (Å²) in [4.78, 5) is 4.74. The van der Waals surface area contributed by atoms with Gasteiger partial charge in [0.2, 0.25) is 0 Å². The molecule has 0 spiro atoms. The third kappa shape index (κ3) is 2.17. The van der Waals surface area contributed by atoms with Gasteiger partial charge in [-0.3, -0.25) is 4.68 Å². The molecule has 1 unspecified atom stereocenters. The Balaban J connectivity index is 2.17. The zero-order valence-electron chi connectivity index (χ0n) is 11.4. The molecule has 1 aliphatic heterocycles. The molecule has 0 bridgehead atoms. The normalized spacial score (nSPS) is 20.3. The van der Waals surface area contributed by atoms with Crippen molar-refractivity contribution in [3.05, 3.63) is 11.5 Å². The van der Waals surface area contributed by atoms with Crippen molar-refractivity contribution in [3.63, 3.8) is 0 Å². The molecule has 1 fully saturated rings. The lowest BCUT2D eigenvalue weighted by molar-refractivity contribution is 0.490. The molecule has 3 heterocycles. The van der Waals surface area contributed by atoms with Crippen LogP contribution >= 0.6 is 23.4 Å². The predicted molar refractivity (Wildman–Crippen MR) is 81.0 cm³/mol. The SMILES string of the molecule is CCc1nn(C)c2c1nc(CCl)n2C1CCCSC1. The number of thioether (sulfide) groups is 1. The maximum absolute atomic E-state index is 6.11. The van der Waals surface area contributed by atoms with Gasteiger partial charge in [0.05, 0.1) is 11.6 Å². The Bertz CT molecular complexity index is 583. The Kier molecular flexibility index (Phi) is 3.76. The van der Waals surface area contributed by atoms with Crippen molar-refractivity contribution >= 4 is 34.5 Å². The van der Waals surface area contributed by atoms with Gasteiger partial charge in [-0.15, -0.1) is 11.6 Å². The van der Waals surface area contributed by atoms with Crippen LogP contribution in [-0.2, 0) is 19.3 Å². The predicted octanol–water partition coefficient (Wildman–Crippen LogP) is 3.14. The van der Waals surface area contributed by atoms with Crippen LogP contribution in [0, 0.1) is 0 Å². The number of aromatic nitrogens is 4. The van der Waals surface area contributed by atoms with E-state index in [-0.39, 0.29) is 0 Å². The van der Waals surface area contributed by atoms with Gasteiger partial charge in [-0.05, 0) is 25.0 Å². The molecule has 0 N–H and O–H groups in total. The van der Waals surface area contributed by atoms with E-state index in [9.17, 15) is 0 Å². The smallest absolute Gasteiger partial charge is 0.159 e. The van der Waals surface area contributed by atoms with Gasteiger partial charge < -0.3 is 4.57 Å². The molecule has 2 aromatic rings. The van der Waals surface area contributed by atoms with Crippen molar-refractivity contribution in [2.45, 2.75) is 38.1 Å². The van der Waals surface area contributed by atoms with E-state index in [0.29, 0.717) is 11.9 Å². The van der Waals surface area contributed by atoms with Gasteiger partial charge in [0.1, 0.15) is 11.3 Å². The van der Waals surface area contributed by atoms with Gasteiger partial charge in [0.15, 0.2) is 5.65 Å². The lowest BCUT2D eigenvalue weighted by Crippen LogP contribution is -2.19. The van der Waals surface area contributed by atoms with E-state index < -0.39 is 0 Å². The van der Waals surface area contributed by atoms with E-state index in [1.54, 1.807) is 0 Å². The van der Waals surface area contributed by atoms with Gasteiger partial charge in [0.25, 0.3) is 0 Å². The first kappa shape index (κ1) is 13.3. The second kappa shape index (κ2) is 5.37. The first-order valence-electron chi connectivity index (χ1n) is 6.82. The van der Waals surface area contributed by atoms with Crippen LogP contribution < -0.4 is 0 Å². The summed E-state index contributed by atoms with van der Waals surface area (Å²) in [6.07, 6.45) is 3.40. The first-order chi connectivity index (χ1) is 9.26. The molecular formula is C13H19ClN4S. The minimum Gasteiger partial charge on any atom is -0.308 e. The Morgan fingerprint density at radius 2 is 2.32 bits per heavy atom. The second-order valence-electron chi connectivity index (χ2n) is 5.00. The maximum Gasteiger partial charge on any atom is 0.159 e. The van der Waals surface area contributed by atoms with E-state index in [0.717, 1.165) is 34.9 Å². The fourth-order valence-electron chi connectivity index (χ4n) is 2.89. The average Bonchev–Trinajstić information content (AvgIpc) is 2.97. The maximum atomic E-state index is 6.11. The number of hydrogen-bond donors (Lipinski definition) is 0. The van der Waals surface area contributed by atoms with E-state index in [1.165, 1.54) is 18.6 Å². The molecule has 0 saturated carbocycles. The van der Waals surface area contributed by atoms with Crippen molar-refractivity contribution in [3.8, 4) is 0 Å². The second-order valence-corrected chi connectivity index (χ2v) is 6.42. The molecule has 0 aromatic carbocycles. The molecule has 6 heteroatoms. The molecule has 19 heavy (non-hydrogen) atoms. The third-order valence-electron chi connectivity index (χ3n) is 3.77. The van der Waals surface area contributed by atoms with Crippen LogP contribution in [0.4, 0.5) is 0 Å². The molecule has 104 valence electrons. The highest BCUT2D eigenvalue weighted by Crippen LogP contribution is 2.32. The monoisotopic (exact) mass is 298 g/mol. The highest BCUT2D eigenvalue weighted by atomic mass is 35.5. The number of alkyl halides is 1. The van der Waals surface area contributed by atoms with E-state index >= 15 is 0 Å². The lowest BCUT2D eigenvalue weighted by Gasteiger charge is -2.24. The molecule has 1 aliphatic rings. The van der Waals surface area contributed by atoms with Crippen molar-refractivity contribution < 1.29 is 0 Å². The van der Waals surface area contributed by atoms with Crippen LogP contribution in [0.3, 0.4) is 0 Å². The quantitative estimate of drug-likeness (QED) is 0.817. The van der Waals surface area contributed by atoms with Crippen LogP contribution in [0.25, 0.3) is 11.2 Å².